The van der Waals surface area contributed by atoms with E-state index < -0.39 is 0 Å². The van der Waals surface area contributed by atoms with E-state index in [0.29, 0.717) is 11.8 Å². The number of benzene rings is 1. The van der Waals surface area contributed by atoms with Crippen LogP contribution in [0.25, 0.3) is 21.9 Å². The van der Waals surface area contributed by atoms with Gasteiger partial charge in [-0.2, -0.15) is 17.7 Å². The molecule has 2 aromatic heterocycles. The van der Waals surface area contributed by atoms with Gasteiger partial charge in [-0.3, -0.25) is 9.58 Å². The first-order valence-corrected chi connectivity index (χ1v) is 10.5. The van der Waals surface area contributed by atoms with Gasteiger partial charge in [-0.1, -0.05) is 18.2 Å². The second kappa shape index (κ2) is 8.37. The molecule has 0 amide bonds. The number of thiol groups is 1. The van der Waals surface area contributed by atoms with Crippen LogP contribution in [0.1, 0.15) is 19.8 Å². The molecule has 1 fully saturated rings. The van der Waals surface area contributed by atoms with Gasteiger partial charge in [0.05, 0.1) is 6.20 Å². The highest BCUT2D eigenvalue weighted by atomic mass is 32.1. The van der Waals surface area contributed by atoms with E-state index in [1.165, 1.54) is 18.5 Å². The van der Waals surface area contributed by atoms with Gasteiger partial charge in [0.1, 0.15) is 5.82 Å². The monoisotopic (exact) mass is 393 g/mol. The number of aromatic nitrogens is 3. The number of pyridine rings is 1. The number of nitrogens with zero attached hydrogens (tertiary/aromatic N) is 4. The van der Waals surface area contributed by atoms with Gasteiger partial charge in [0.25, 0.3) is 0 Å². The van der Waals surface area contributed by atoms with E-state index in [2.05, 4.69) is 70.2 Å². The van der Waals surface area contributed by atoms with E-state index in [1.54, 1.807) is 0 Å². The zero-order valence-corrected chi connectivity index (χ0v) is 17.4. The maximum Gasteiger partial charge on any atom is 0.130 e. The van der Waals surface area contributed by atoms with Gasteiger partial charge in [0, 0.05) is 47.9 Å². The number of nitrogens with one attached hydrogen (secondary N) is 1. The Bertz CT molecular complexity index is 988. The fourth-order valence-corrected chi connectivity index (χ4v) is 4.05. The number of fused-ring (bicyclic) bond motifs is 1. The van der Waals surface area contributed by atoms with Gasteiger partial charge in [-0.05, 0) is 55.9 Å². The molecule has 1 unspecified atom stereocenters. The number of aryl methyl sites for hydroxylation is 1. The van der Waals surface area contributed by atoms with Crippen LogP contribution >= 0.6 is 12.6 Å². The molecule has 146 valence electrons. The van der Waals surface area contributed by atoms with E-state index in [-0.39, 0.29) is 0 Å². The fourth-order valence-electron chi connectivity index (χ4n) is 3.86. The normalized spacial score (nSPS) is 16.6. The molecule has 1 atom stereocenters. The van der Waals surface area contributed by atoms with E-state index in [0.717, 1.165) is 40.8 Å². The van der Waals surface area contributed by atoms with Gasteiger partial charge < -0.3 is 5.32 Å². The lowest BCUT2D eigenvalue weighted by molar-refractivity contribution is 0.290. The summed E-state index contributed by atoms with van der Waals surface area (Å²) < 4.78 is 1.83. The van der Waals surface area contributed by atoms with Gasteiger partial charge in [-0.15, -0.1) is 0 Å². The molecule has 3 heterocycles. The third-order valence-electron chi connectivity index (χ3n) is 5.48. The summed E-state index contributed by atoms with van der Waals surface area (Å²) in [5.74, 6) is 1.58. The van der Waals surface area contributed by atoms with Crippen molar-refractivity contribution in [3.63, 3.8) is 0 Å². The molecule has 4 rings (SSSR count). The number of likely N-dealkylation sites (tertiary alicyclic amines) is 1. The molecule has 0 bridgehead atoms. The van der Waals surface area contributed by atoms with Crippen molar-refractivity contribution in [2.24, 2.45) is 7.05 Å². The van der Waals surface area contributed by atoms with Crippen LogP contribution in [-0.2, 0) is 7.05 Å². The summed E-state index contributed by atoms with van der Waals surface area (Å²) in [6.45, 7) is 4.58. The number of hydrogen-bond acceptors (Lipinski definition) is 5. The first-order valence-electron chi connectivity index (χ1n) is 9.85. The molecular weight excluding hydrogens is 366 g/mol. The summed E-state index contributed by atoms with van der Waals surface area (Å²) in [6, 6.07) is 8.90. The van der Waals surface area contributed by atoms with Gasteiger partial charge in [0.15, 0.2) is 0 Å². The summed E-state index contributed by atoms with van der Waals surface area (Å²) in [6.07, 6.45) is 10.6. The number of hydrogen-bond donors (Lipinski definition) is 2. The molecule has 0 saturated carbocycles. The van der Waals surface area contributed by atoms with Crippen molar-refractivity contribution < 1.29 is 0 Å². The first-order chi connectivity index (χ1) is 13.6. The lowest BCUT2D eigenvalue weighted by Gasteiger charge is -2.27. The molecule has 3 aromatic rings. The van der Waals surface area contributed by atoms with Crippen molar-refractivity contribution in [2.45, 2.75) is 25.8 Å². The molecule has 0 aliphatic carbocycles. The highest BCUT2D eigenvalue weighted by Crippen LogP contribution is 2.26. The van der Waals surface area contributed by atoms with Crippen molar-refractivity contribution in [2.75, 3.05) is 24.2 Å². The third-order valence-corrected chi connectivity index (χ3v) is 5.66. The molecule has 0 radical (unpaired) electrons. The number of rotatable bonds is 6. The minimum atomic E-state index is 0.342. The minimum Gasteiger partial charge on any atom is -0.343 e. The molecule has 1 N–H and O–H groups in total. The van der Waals surface area contributed by atoms with Gasteiger partial charge in [-0.25, -0.2) is 4.98 Å². The topological polar surface area (TPSA) is 46.0 Å². The molecular formula is C22H27N5S. The smallest absolute Gasteiger partial charge is 0.130 e. The molecule has 1 aliphatic heterocycles. The van der Waals surface area contributed by atoms with Crippen LogP contribution < -0.4 is 5.32 Å². The van der Waals surface area contributed by atoms with Crippen LogP contribution in [0.4, 0.5) is 5.82 Å². The van der Waals surface area contributed by atoms with Crippen molar-refractivity contribution in [1.29, 1.82) is 0 Å². The Kier molecular flexibility index (Phi) is 5.69. The summed E-state index contributed by atoms with van der Waals surface area (Å²) in [7, 11) is 1.94. The largest absolute Gasteiger partial charge is 0.343 e. The predicted molar refractivity (Wildman–Crippen MR) is 120 cm³/mol. The molecule has 0 spiro atoms. The zero-order valence-electron chi connectivity index (χ0n) is 16.5. The Morgan fingerprint density at radius 3 is 2.71 bits per heavy atom. The zero-order chi connectivity index (χ0) is 19.5. The summed E-state index contributed by atoms with van der Waals surface area (Å²) in [4.78, 5) is 7.15. The van der Waals surface area contributed by atoms with Crippen molar-refractivity contribution in [3.8, 4) is 11.1 Å². The van der Waals surface area contributed by atoms with Crippen LogP contribution in [0.15, 0.2) is 54.6 Å². The Morgan fingerprint density at radius 2 is 2.00 bits per heavy atom. The fraction of sp³-hybridized carbons (Fsp3) is 0.364. The van der Waals surface area contributed by atoms with Crippen molar-refractivity contribution in [3.05, 3.63) is 54.6 Å². The Labute approximate surface area is 171 Å². The van der Waals surface area contributed by atoms with E-state index >= 15 is 0 Å². The summed E-state index contributed by atoms with van der Waals surface area (Å²) in [5, 5.41) is 10.1. The quantitative estimate of drug-likeness (QED) is 0.612. The Balaban J connectivity index is 1.61. The minimum absolute atomic E-state index is 0.342. The number of anilines is 1. The van der Waals surface area contributed by atoms with E-state index in [1.807, 2.05) is 30.3 Å². The van der Waals surface area contributed by atoms with Crippen molar-refractivity contribution >= 4 is 29.2 Å². The van der Waals surface area contributed by atoms with Gasteiger partial charge in [0.2, 0.25) is 0 Å². The summed E-state index contributed by atoms with van der Waals surface area (Å²) in [5.41, 5.74) is 3.45. The van der Waals surface area contributed by atoms with Crippen LogP contribution in [-0.4, -0.2) is 44.5 Å². The predicted octanol–water partition coefficient (Wildman–Crippen LogP) is 4.35. The Hall–Kier alpha value is -2.31. The Morgan fingerprint density at radius 1 is 1.18 bits per heavy atom. The highest BCUT2D eigenvalue weighted by Gasteiger charge is 2.21. The van der Waals surface area contributed by atoms with Gasteiger partial charge >= 0.3 is 0 Å². The SMILES string of the molecule is CC(/C(=C/CS)Nc1cc2cc(-c3cnn(C)c3)ccc2cn1)N1CCCC1. The maximum atomic E-state index is 4.63. The van der Waals surface area contributed by atoms with Crippen LogP contribution in [0, 0.1) is 0 Å². The molecule has 5 nitrogen and oxygen atoms in total. The lowest BCUT2D eigenvalue weighted by atomic mass is 10.0. The maximum absolute atomic E-state index is 4.63. The second-order valence-electron chi connectivity index (χ2n) is 7.42. The standard InChI is InChI=1S/C22H27N5S/c1-16(27-8-3-4-9-27)21(7-10-28)25-22-12-19-11-17(5-6-18(19)13-23-22)20-14-24-26(2)15-20/h5-7,11-16,28H,3-4,8-10H2,1-2H3,(H,23,25)/b21-7-. The lowest BCUT2D eigenvalue weighted by Crippen LogP contribution is -2.34. The summed E-state index contributed by atoms with van der Waals surface area (Å²) >= 11 is 4.42. The highest BCUT2D eigenvalue weighted by molar-refractivity contribution is 7.80. The molecule has 1 aliphatic rings. The van der Waals surface area contributed by atoms with Crippen molar-refractivity contribution in [1.82, 2.24) is 19.7 Å². The van der Waals surface area contributed by atoms with Crippen LogP contribution in [0.5, 0.6) is 0 Å². The second-order valence-corrected chi connectivity index (χ2v) is 7.79. The molecule has 6 heteroatoms. The average Bonchev–Trinajstić information content (AvgIpc) is 3.38. The molecule has 28 heavy (non-hydrogen) atoms. The van der Waals surface area contributed by atoms with Crippen LogP contribution in [0.3, 0.4) is 0 Å². The average molecular weight is 394 g/mol. The van der Waals surface area contributed by atoms with E-state index in [4.69, 9.17) is 0 Å². The third kappa shape index (κ3) is 4.08. The molecule has 1 aromatic carbocycles. The first kappa shape index (κ1) is 19.0. The van der Waals surface area contributed by atoms with E-state index in [9.17, 15) is 0 Å². The van der Waals surface area contributed by atoms with Crippen LogP contribution in [0.2, 0.25) is 0 Å². The molecule has 1 saturated heterocycles.